The van der Waals surface area contributed by atoms with E-state index >= 15 is 0 Å². The molecule has 0 spiro atoms. The average molecular weight is 286 g/mol. The zero-order chi connectivity index (χ0) is 15.8. The van der Waals surface area contributed by atoms with Crippen LogP contribution in [0.1, 0.15) is 33.6 Å². The Morgan fingerprint density at radius 3 is 2.15 bits per heavy atom. The molecule has 0 unspecified atom stereocenters. The summed E-state index contributed by atoms with van der Waals surface area (Å²) in [5.41, 5.74) is -0.537. The summed E-state index contributed by atoms with van der Waals surface area (Å²) >= 11 is 0. The van der Waals surface area contributed by atoms with Crippen LogP contribution >= 0.6 is 0 Å². The van der Waals surface area contributed by atoms with Crippen LogP contribution in [0.15, 0.2) is 12.2 Å². The molecule has 6 heteroatoms. The van der Waals surface area contributed by atoms with Crippen molar-refractivity contribution in [3.05, 3.63) is 12.2 Å². The third kappa shape index (κ3) is 6.36. The Hall–Kier alpha value is -1.85. The van der Waals surface area contributed by atoms with Gasteiger partial charge in [-0.3, -0.25) is 9.59 Å². The van der Waals surface area contributed by atoms with Gasteiger partial charge in [-0.25, -0.2) is 4.79 Å². The Labute approximate surface area is 119 Å². The van der Waals surface area contributed by atoms with Gasteiger partial charge in [-0.15, -0.1) is 0 Å². The fraction of sp³-hybridized carbons (Fsp3) is 0.643. The molecule has 0 aromatic heterocycles. The van der Waals surface area contributed by atoms with E-state index < -0.39 is 17.4 Å². The highest BCUT2D eigenvalue weighted by molar-refractivity contribution is 5.93. The topological polar surface area (TPSA) is 78.9 Å². The molecule has 0 fully saturated rings. The number of carbonyl (C=O) groups is 3. The van der Waals surface area contributed by atoms with Crippen molar-refractivity contribution in [1.29, 1.82) is 0 Å². The van der Waals surface area contributed by atoms with Gasteiger partial charge in [0, 0.05) is 5.57 Å². The molecule has 0 aliphatic rings. The highest BCUT2D eigenvalue weighted by Crippen LogP contribution is 2.21. The summed E-state index contributed by atoms with van der Waals surface area (Å²) in [6.07, 6.45) is 0.408. The average Bonchev–Trinajstić information content (AvgIpc) is 2.41. The van der Waals surface area contributed by atoms with Crippen molar-refractivity contribution in [3.63, 3.8) is 0 Å². The third-order valence-corrected chi connectivity index (χ3v) is 2.85. The highest BCUT2D eigenvalue weighted by atomic mass is 16.6. The molecule has 0 saturated heterocycles. The maximum atomic E-state index is 11.6. The lowest BCUT2D eigenvalue weighted by atomic mass is 9.91. The minimum Gasteiger partial charge on any atom is -0.466 e. The molecule has 0 aliphatic carbocycles. The van der Waals surface area contributed by atoms with Gasteiger partial charge in [0.1, 0.15) is 13.2 Å². The molecule has 0 saturated carbocycles. The molecule has 6 nitrogen and oxygen atoms in total. The standard InChI is InChI=1S/C14H22O6/c1-6-14(3,4)13(17)20-8-7-19-11(15)9-10(2)12(16)18-5/h2,6-9H2,1,3-5H3. The van der Waals surface area contributed by atoms with Gasteiger partial charge < -0.3 is 14.2 Å². The van der Waals surface area contributed by atoms with Crippen molar-refractivity contribution in [1.82, 2.24) is 0 Å². The second-order valence-electron chi connectivity index (χ2n) is 4.87. The second-order valence-corrected chi connectivity index (χ2v) is 4.87. The largest absolute Gasteiger partial charge is 0.466 e. The lowest BCUT2D eigenvalue weighted by Crippen LogP contribution is -2.27. The first-order valence-electron chi connectivity index (χ1n) is 6.33. The van der Waals surface area contributed by atoms with E-state index in [0.29, 0.717) is 6.42 Å². The fourth-order valence-electron chi connectivity index (χ4n) is 1.07. The first kappa shape index (κ1) is 18.1. The van der Waals surface area contributed by atoms with E-state index in [1.54, 1.807) is 13.8 Å². The molecule has 0 radical (unpaired) electrons. The van der Waals surface area contributed by atoms with E-state index in [4.69, 9.17) is 9.47 Å². The molecule has 0 aliphatic heterocycles. The Bertz CT molecular complexity index is 383. The number of carbonyl (C=O) groups excluding carboxylic acids is 3. The maximum absolute atomic E-state index is 11.6. The van der Waals surface area contributed by atoms with Gasteiger partial charge >= 0.3 is 17.9 Å². The van der Waals surface area contributed by atoms with Gasteiger partial charge in [-0.2, -0.15) is 0 Å². The lowest BCUT2D eigenvalue weighted by molar-refractivity contribution is -0.159. The van der Waals surface area contributed by atoms with Crippen LogP contribution < -0.4 is 0 Å². The van der Waals surface area contributed by atoms with Crippen LogP contribution in [0.3, 0.4) is 0 Å². The number of rotatable bonds is 8. The molecule has 114 valence electrons. The monoisotopic (exact) mass is 286 g/mol. The molecule has 0 aromatic carbocycles. The normalized spacial score (nSPS) is 10.6. The quantitative estimate of drug-likeness (QED) is 0.292. The summed E-state index contributed by atoms with van der Waals surface area (Å²) in [7, 11) is 1.20. The smallest absolute Gasteiger partial charge is 0.333 e. The summed E-state index contributed by atoms with van der Waals surface area (Å²) in [4.78, 5) is 34.0. The molecular weight excluding hydrogens is 264 g/mol. The first-order chi connectivity index (χ1) is 9.24. The van der Waals surface area contributed by atoms with Crippen molar-refractivity contribution >= 4 is 17.9 Å². The Morgan fingerprint density at radius 1 is 1.10 bits per heavy atom. The number of methoxy groups -OCH3 is 1. The van der Waals surface area contributed by atoms with E-state index in [2.05, 4.69) is 11.3 Å². The van der Waals surface area contributed by atoms with Gasteiger partial charge in [0.25, 0.3) is 0 Å². The minimum atomic E-state index is -0.655. The number of esters is 3. The molecule has 0 atom stereocenters. The van der Waals surface area contributed by atoms with Gasteiger partial charge in [-0.05, 0) is 20.3 Å². The Kier molecular flexibility index (Phi) is 7.57. The van der Waals surface area contributed by atoms with E-state index in [1.807, 2.05) is 6.92 Å². The first-order valence-corrected chi connectivity index (χ1v) is 6.33. The molecule has 0 amide bonds. The van der Waals surface area contributed by atoms with Crippen LogP contribution in [0.2, 0.25) is 0 Å². The number of hydrogen-bond acceptors (Lipinski definition) is 6. The van der Waals surface area contributed by atoms with Crippen molar-refractivity contribution in [2.24, 2.45) is 5.41 Å². The zero-order valence-electron chi connectivity index (χ0n) is 12.5. The van der Waals surface area contributed by atoms with E-state index in [9.17, 15) is 14.4 Å². The summed E-state index contributed by atoms with van der Waals surface area (Å²) in [5, 5.41) is 0. The summed E-state index contributed by atoms with van der Waals surface area (Å²) in [5.74, 6) is -1.61. The summed E-state index contributed by atoms with van der Waals surface area (Å²) in [6.45, 7) is 8.78. The van der Waals surface area contributed by atoms with Gasteiger partial charge in [0.2, 0.25) is 0 Å². The Morgan fingerprint density at radius 2 is 1.65 bits per heavy atom. The van der Waals surface area contributed by atoms with Crippen LogP contribution in [0.25, 0.3) is 0 Å². The van der Waals surface area contributed by atoms with E-state index in [0.717, 1.165) is 0 Å². The zero-order valence-corrected chi connectivity index (χ0v) is 12.5. The number of ether oxygens (including phenoxy) is 3. The van der Waals surface area contributed by atoms with Gasteiger partial charge in [0.15, 0.2) is 0 Å². The van der Waals surface area contributed by atoms with E-state index in [-0.39, 0.29) is 31.2 Å². The molecule has 20 heavy (non-hydrogen) atoms. The predicted molar refractivity (Wildman–Crippen MR) is 71.8 cm³/mol. The molecule has 0 heterocycles. The SMILES string of the molecule is C=C(CC(=O)OCCOC(=O)C(C)(C)CC)C(=O)OC. The van der Waals surface area contributed by atoms with Gasteiger partial charge in [-0.1, -0.05) is 13.5 Å². The van der Waals surface area contributed by atoms with Crippen LogP contribution in [-0.4, -0.2) is 38.2 Å². The highest BCUT2D eigenvalue weighted by Gasteiger charge is 2.26. The van der Waals surface area contributed by atoms with Crippen LogP contribution in [0.5, 0.6) is 0 Å². The fourth-order valence-corrected chi connectivity index (χ4v) is 1.07. The Balaban J connectivity index is 3.91. The van der Waals surface area contributed by atoms with E-state index in [1.165, 1.54) is 7.11 Å². The van der Waals surface area contributed by atoms with Crippen LogP contribution in [0, 0.1) is 5.41 Å². The maximum Gasteiger partial charge on any atom is 0.333 e. The van der Waals surface area contributed by atoms with Crippen LogP contribution in [-0.2, 0) is 28.6 Å². The summed E-state index contributed by atoms with van der Waals surface area (Å²) < 4.78 is 14.2. The molecular formula is C14H22O6. The summed E-state index contributed by atoms with van der Waals surface area (Å²) in [6, 6.07) is 0. The molecule has 0 rings (SSSR count). The molecule has 0 aromatic rings. The lowest BCUT2D eigenvalue weighted by Gasteiger charge is -2.20. The molecule has 0 bridgehead atoms. The van der Waals surface area contributed by atoms with Crippen LogP contribution in [0.4, 0.5) is 0 Å². The minimum absolute atomic E-state index is 0.0152. The number of hydrogen-bond donors (Lipinski definition) is 0. The van der Waals surface area contributed by atoms with Crippen molar-refractivity contribution in [3.8, 4) is 0 Å². The van der Waals surface area contributed by atoms with Crippen molar-refractivity contribution in [2.75, 3.05) is 20.3 Å². The van der Waals surface area contributed by atoms with Gasteiger partial charge in [0.05, 0.1) is 18.9 Å². The van der Waals surface area contributed by atoms with Crippen molar-refractivity contribution < 1.29 is 28.6 Å². The molecule has 0 N–H and O–H groups in total. The third-order valence-electron chi connectivity index (χ3n) is 2.85. The predicted octanol–water partition coefficient (Wildman–Crippen LogP) is 1.63. The second kappa shape index (κ2) is 8.35. The van der Waals surface area contributed by atoms with Crippen molar-refractivity contribution in [2.45, 2.75) is 33.6 Å².